The summed E-state index contributed by atoms with van der Waals surface area (Å²) in [5.74, 6) is 1.49. The molecule has 2 aromatic rings. The molecule has 0 spiro atoms. The van der Waals surface area contributed by atoms with Crippen molar-refractivity contribution in [1.82, 2.24) is 5.32 Å². The van der Waals surface area contributed by atoms with Crippen molar-refractivity contribution in [3.8, 4) is 0 Å². The van der Waals surface area contributed by atoms with Gasteiger partial charge in [0.2, 0.25) is 11.8 Å². The Kier molecular flexibility index (Phi) is 5.89. The smallest absolute Gasteiger partial charge is 0.244 e. The van der Waals surface area contributed by atoms with Crippen LogP contribution in [0, 0.1) is 12.8 Å². The zero-order chi connectivity index (χ0) is 18.4. The number of nitrogens with one attached hydrogen (secondary N) is 2. The molecular formula is C21H24N2O3. The van der Waals surface area contributed by atoms with Gasteiger partial charge in [-0.05, 0) is 55.7 Å². The van der Waals surface area contributed by atoms with Crippen molar-refractivity contribution >= 4 is 23.6 Å². The van der Waals surface area contributed by atoms with Gasteiger partial charge in [-0.3, -0.25) is 9.59 Å². The Morgan fingerprint density at radius 2 is 2.00 bits per heavy atom. The summed E-state index contributed by atoms with van der Waals surface area (Å²) in [6.07, 6.45) is 7.31. The molecule has 0 bridgehead atoms. The third-order valence-electron chi connectivity index (χ3n) is 4.55. The van der Waals surface area contributed by atoms with Gasteiger partial charge in [0.1, 0.15) is 11.5 Å². The number of anilines is 1. The highest BCUT2D eigenvalue weighted by atomic mass is 16.3. The van der Waals surface area contributed by atoms with Gasteiger partial charge in [0.05, 0.1) is 0 Å². The second-order valence-corrected chi connectivity index (χ2v) is 6.67. The normalized spacial score (nSPS) is 14.7. The molecule has 2 amide bonds. The van der Waals surface area contributed by atoms with Gasteiger partial charge < -0.3 is 15.1 Å². The van der Waals surface area contributed by atoms with Gasteiger partial charge in [-0.1, -0.05) is 25.0 Å². The molecule has 1 aromatic heterocycles. The molecule has 0 saturated heterocycles. The zero-order valence-corrected chi connectivity index (χ0v) is 15.0. The van der Waals surface area contributed by atoms with Crippen LogP contribution in [0.15, 0.2) is 46.9 Å². The molecule has 1 fully saturated rings. The van der Waals surface area contributed by atoms with E-state index in [0.717, 1.165) is 42.7 Å². The Labute approximate surface area is 153 Å². The second kappa shape index (κ2) is 8.52. The van der Waals surface area contributed by atoms with E-state index in [1.54, 1.807) is 6.08 Å². The van der Waals surface area contributed by atoms with Gasteiger partial charge in [0.15, 0.2) is 0 Å². The van der Waals surface area contributed by atoms with Crippen LogP contribution >= 0.6 is 0 Å². The third-order valence-corrected chi connectivity index (χ3v) is 4.55. The lowest BCUT2D eigenvalue weighted by Crippen LogP contribution is -2.21. The predicted octanol–water partition coefficient (Wildman–Crippen LogP) is 4.05. The van der Waals surface area contributed by atoms with Gasteiger partial charge >= 0.3 is 0 Å². The van der Waals surface area contributed by atoms with E-state index in [1.165, 1.54) is 6.08 Å². The van der Waals surface area contributed by atoms with E-state index < -0.39 is 0 Å². The first-order valence-corrected chi connectivity index (χ1v) is 9.02. The molecule has 1 aromatic carbocycles. The summed E-state index contributed by atoms with van der Waals surface area (Å²) in [5.41, 5.74) is 1.71. The van der Waals surface area contributed by atoms with Crippen molar-refractivity contribution in [3.63, 3.8) is 0 Å². The fourth-order valence-corrected chi connectivity index (χ4v) is 3.14. The van der Waals surface area contributed by atoms with Gasteiger partial charge in [0, 0.05) is 24.2 Å². The fourth-order valence-electron chi connectivity index (χ4n) is 3.14. The molecule has 2 N–H and O–H groups in total. The number of hydrogen-bond donors (Lipinski definition) is 2. The molecule has 5 heteroatoms. The van der Waals surface area contributed by atoms with Crippen molar-refractivity contribution in [1.29, 1.82) is 0 Å². The maximum absolute atomic E-state index is 12.2. The minimum atomic E-state index is -0.195. The Bertz CT molecular complexity index is 801. The van der Waals surface area contributed by atoms with Crippen molar-refractivity contribution in [2.24, 2.45) is 5.92 Å². The first kappa shape index (κ1) is 18.0. The van der Waals surface area contributed by atoms with Crippen LogP contribution in [0.1, 0.15) is 42.8 Å². The Balaban J connectivity index is 1.50. The van der Waals surface area contributed by atoms with Crippen LogP contribution in [-0.4, -0.2) is 11.8 Å². The number of hydrogen-bond acceptors (Lipinski definition) is 3. The van der Waals surface area contributed by atoms with Crippen molar-refractivity contribution in [2.45, 2.75) is 39.2 Å². The largest absolute Gasteiger partial charge is 0.462 e. The maximum Gasteiger partial charge on any atom is 0.244 e. The lowest BCUT2D eigenvalue weighted by molar-refractivity contribution is -0.119. The topological polar surface area (TPSA) is 71.3 Å². The molecule has 1 aliphatic rings. The van der Waals surface area contributed by atoms with Crippen LogP contribution in [0.3, 0.4) is 0 Å². The summed E-state index contributed by atoms with van der Waals surface area (Å²) in [7, 11) is 0. The van der Waals surface area contributed by atoms with E-state index in [-0.39, 0.29) is 17.7 Å². The van der Waals surface area contributed by atoms with Crippen LogP contribution in [0.2, 0.25) is 0 Å². The molecular weight excluding hydrogens is 328 g/mol. The molecule has 3 rings (SSSR count). The highest BCUT2D eigenvalue weighted by Crippen LogP contribution is 2.26. The van der Waals surface area contributed by atoms with Gasteiger partial charge in [-0.15, -0.1) is 0 Å². The number of furan rings is 1. The Morgan fingerprint density at radius 3 is 2.73 bits per heavy atom. The van der Waals surface area contributed by atoms with Crippen LogP contribution < -0.4 is 10.6 Å². The van der Waals surface area contributed by atoms with Gasteiger partial charge in [-0.25, -0.2) is 0 Å². The molecule has 26 heavy (non-hydrogen) atoms. The predicted molar refractivity (Wildman–Crippen MR) is 101 cm³/mol. The van der Waals surface area contributed by atoms with Crippen molar-refractivity contribution in [2.75, 3.05) is 5.32 Å². The maximum atomic E-state index is 12.2. The Hall–Kier alpha value is -2.82. The van der Waals surface area contributed by atoms with Crippen LogP contribution in [0.5, 0.6) is 0 Å². The van der Waals surface area contributed by atoms with Crippen molar-refractivity contribution < 1.29 is 14.0 Å². The van der Waals surface area contributed by atoms with E-state index in [9.17, 15) is 9.59 Å². The molecule has 1 saturated carbocycles. The summed E-state index contributed by atoms with van der Waals surface area (Å²) in [6, 6.07) is 11.2. The minimum absolute atomic E-state index is 0.0976. The summed E-state index contributed by atoms with van der Waals surface area (Å²) in [6.45, 7) is 2.25. The molecule has 0 aliphatic heterocycles. The number of benzene rings is 1. The monoisotopic (exact) mass is 352 g/mol. The van der Waals surface area contributed by atoms with Gasteiger partial charge in [0.25, 0.3) is 0 Å². The number of amides is 2. The number of aryl methyl sites for hydroxylation is 1. The van der Waals surface area contributed by atoms with Gasteiger partial charge in [-0.2, -0.15) is 0 Å². The highest BCUT2D eigenvalue weighted by Gasteiger charge is 2.22. The summed E-state index contributed by atoms with van der Waals surface area (Å²) in [5, 5.41) is 5.81. The second-order valence-electron chi connectivity index (χ2n) is 6.67. The lowest BCUT2D eigenvalue weighted by Gasteiger charge is -2.11. The quantitative estimate of drug-likeness (QED) is 0.771. The number of carbonyl (C=O) groups excluding carboxylic acids is 2. The first-order valence-electron chi connectivity index (χ1n) is 9.02. The molecule has 0 unspecified atom stereocenters. The fraction of sp³-hybridized carbons (Fsp3) is 0.333. The highest BCUT2D eigenvalue weighted by molar-refractivity contribution is 5.93. The molecule has 1 heterocycles. The molecule has 1 aliphatic carbocycles. The average molecular weight is 352 g/mol. The van der Waals surface area contributed by atoms with E-state index in [1.807, 2.05) is 43.3 Å². The molecule has 0 radical (unpaired) electrons. The van der Waals surface area contributed by atoms with Crippen molar-refractivity contribution in [3.05, 3.63) is 59.6 Å². The zero-order valence-electron chi connectivity index (χ0n) is 15.0. The molecule has 5 nitrogen and oxygen atoms in total. The van der Waals surface area contributed by atoms with Crippen LogP contribution in [0.4, 0.5) is 5.69 Å². The van der Waals surface area contributed by atoms with Crippen LogP contribution in [-0.2, 0) is 16.1 Å². The minimum Gasteiger partial charge on any atom is -0.462 e. The number of carbonyl (C=O) groups is 2. The third kappa shape index (κ3) is 5.09. The van der Waals surface area contributed by atoms with E-state index >= 15 is 0 Å². The first-order chi connectivity index (χ1) is 12.6. The standard InChI is InChI=1S/C21H24N2O3/c1-15-9-10-19(26-15)11-12-20(24)22-14-16-5-4-8-18(13-16)23-21(25)17-6-2-3-7-17/h4-5,8-13,17H,2-3,6-7,14H2,1H3,(H,22,24)(H,23,25)/b12-11+. The van der Waals surface area contributed by atoms with Crippen LogP contribution in [0.25, 0.3) is 6.08 Å². The Morgan fingerprint density at radius 1 is 1.19 bits per heavy atom. The summed E-state index contributed by atoms with van der Waals surface area (Å²) in [4.78, 5) is 24.1. The summed E-state index contributed by atoms with van der Waals surface area (Å²) < 4.78 is 5.38. The lowest BCUT2D eigenvalue weighted by atomic mass is 10.1. The SMILES string of the molecule is Cc1ccc(/C=C/C(=O)NCc2cccc(NC(=O)C3CCCC3)c2)o1. The van der Waals surface area contributed by atoms with E-state index in [0.29, 0.717) is 12.3 Å². The molecule has 0 atom stereocenters. The van der Waals surface area contributed by atoms with E-state index in [4.69, 9.17) is 4.42 Å². The number of rotatable bonds is 6. The summed E-state index contributed by atoms with van der Waals surface area (Å²) >= 11 is 0. The molecule has 136 valence electrons. The average Bonchev–Trinajstić information content (AvgIpc) is 3.30. The van der Waals surface area contributed by atoms with E-state index in [2.05, 4.69) is 10.6 Å².